The maximum Gasteiger partial charge on any atom is 0.152 e. The van der Waals surface area contributed by atoms with Crippen molar-refractivity contribution >= 4 is 17.2 Å². The molecule has 0 radical (unpaired) electrons. The molecule has 106 valence electrons. The lowest BCUT2D eigenvalue weighted by atomic mass is 9.86. The van der Waals surface area contributed by atoms with Crippen LogP contribution in [0.3, 0.4) is 0 Å². The number of aromatic amines is 1. The molecular weight excluding hydrogens is 258 g/mol. The van der Waals surface area contributed by atoms with Gasteiger partial charge in [0, 0.05) is 22.7 Å². The zero-order chi connectivity index (χ0) is 15.0. The van der Waals surface area contributed by atoms with Crippen LogP contribution in [0, 0.1) is 0 Å². The van der Waals surface area contributed by atoms with Crippen molar-refractivity contribution in [3.05, 3.63) is 59.8 Å². The van der Waals surface area contributed by atoms with E-state index >= 15 is 0 Å². The van der Waals surface area contributed by atoms with E-state index in [1.54, 1.807) is 6.20 Å². The van der Waals surface area contributed by atoms with Crippen molar-refractivity contribution in [3.63, 3.8) is 0 Å². The van der Waals surface area contributed by atoms with Crippen LogP contribution in [0.1, 0.15) is 36.7 Å². The zero-order valence-electron chi connectivity index (χ0n) is 12.6. The molecule has 0 bridgehead atoms. The second-order valence-corrected chi connectivity index (χ2v) is 6.45. The molecule has 2 aromatic carbocycles. The third-order valence-corrected chi connectivity index (χ3v) is 3.92. The molecule has 0 aliphatic rings. The molecule has 1 aromatic heterocycles. The topological polar surface area (TPSA) is 32.9 Å². The Morgan fingerprint density at radius 1 is 0.952 bits per heavy atom. The summed E-state index contributed by atoms with van der Waals surface area (Å²) in [5.74, 6) is 0. The maximum atomic E-state index is 11.1. The number of nitrogens with one attached hydrogen (secondary N) is 1. The lowest BCUT2D eigenvalue weighted by Gasteiger charge is -2.19. The van der Waals surface area contributed by atoms with Crippen molar-refractivity contribution < 1.29 is 4.79 Å². The minimum atomic E-state index is 0.161. The van der Waals surface area contributed by atoms with E-state index < -0.39 is 0 Å². The highest BCUT2D eigenvalue weighted by atomic mass is 16.1. The lowest BCUT2D eigenvalue weighted by Crippen LogP contribution is -2.10. The quantitative estimate of drug-likeness (QED) is 0.661. The van der Waals surface area contributed by atoms with Gasteiger partial charge in [-0.2, -0.15) is 0 Å². The Kier molecular flexibility index (Phi) is 3.17. The third kappa shape index (κ3) is 2.49. The number of hydrogen-bond acceptors (Lipinski definition) is 1. The molecule has 0 aliphatic carbocycles. The molecule has 21 heavy (non-hydrogen) atoms. The van der Waals surface area contributed by atoms with Gasteiger partial charge in [-0.05, 0) is 34.2 Å². The molecule has 3 rings (SSSR count). The smallest absolute Gasteiger partial charge is 0.152 e. The number of carbonyl (C=O) groups excluding carboxylic acids is 1. The number of aromatic nitrogens is 1. The van der Waals surface area contributed by atoms with E-state index in [4.69, 9.17) is 0 Å². The van der Waals surface area contributed by atoms with Crippen molar-refractivity contribution in [2.45, 2.75) is 26.2 Å². The molecule has 0 amide bonds. The molecule has 1 heterocycles. The van der Waals surface area contributed by atoms with Gasteiger partial charge in [0.2, 0.25) is 0 Å². The van der Waals surface area contributed by atoms with Crippen molar-refractivity contribution in [1.29, 1.82) is 0 Å². The molecular formula is C19H19NO. The Bertz CT molecular complexity index is 789. The first-order valence-electron chi connectivity index (χ1n) is 7.16. The fourth-order valence-corrected chi connectivity index (χ4v) is 2.58. The van der Waals surface area contributed by atoms with Crippen LogP contribution < -0.4 is 0 Å². The summed E-state index contributed by atoms with van der Waals surface area (Å²) in [4.78, 5) is 14.2. The Morgan fingerprint density at radius 2 is 1.62 bits per heavy atom. The average molecular weight is 277 g/mol. The highest BCUT2D eigenvalue weighted by Crippen LogP contribution is 2.28. The van der Waals surface area contributed by atoms with Gasteiger partial charge in [0.25, 0.3) is 0 Å². The number of aldehydes is 1. The van der Waals surface area contributed by atoms with E-state index in [2.05, 4.69) is 62.2 Å². The Labute approximate surface area is 124 Å². The number of benzene rings is 2. The van der Waals surface area contributed by atoms with E-state index in [9.17, 15) is 4.79 Å². The van der Waals surface area contributed by atoms with Gasteiger partial charge in [-0.3, -0.25) is 4.79 Å². The van der Waals surface area contributed by atoms with Crippen molar-refractivity contribution in [3.8, 4) is 11.1 Å². The first-order chi connectivity index (χ1) is 9.99. The van der Waals surface area contributed by atoms with E-state index in [-0.39, 0.29) is 5.41 Å². The summed E-state index contributed by atoms with van der Waals surface area (Å²) < 4.78 is 0. The van der Waals surface area contributed by atoms with Crippen molar-refractivity contribution in [2.24, 2.45) is 0 Å². The number of fused-ring (bicyclic) bond motifs is 1. The van der Waals surface area contributed by atoms with Crippen LogP contribution in [-0.4, -0.2) is 11.3 Å². The molecule has 0 unspecified atom stereocenters. The predicted molar refractivity (Wildman–Crippen MR) is 87.8 cm³/mol. The van der Waals surface area contributed by atoms with Crippen LogP contribution in [0.4, 0.5) is 0 Å². The zero-order valence-corrected chi connectivity index (χ0v) is 12.6. The second-order valence-electron chi connectivity index (χ2n) is 6.45. The minimum absolute atomic E-state index is 0.161. The molecule has 0 fully saturated rings. The largest absolute Gasteiger partial charge is 0.360 e. The number of carbonyl (C=O) groups is 1. The van der Waals surface area contributed by atoms with Gasteiger partial charge in [-0.1, -0.05) is 51.1 Å². The van der Waals surface area contributed by atoms with Crippen LogP contribution in [-0.2, 0) is 5.41 Å². The highest BCUT2D eigenvalue weighted by molar-refractivity contribution is 5.99. The summed E-state index contributed by atoms with van der Waals surface area (Å²) >= 11 is 0. The Morgan fingerprint density at radius 3 is 2.24 bits per heavy atom. The fourth-order valence-electron chi connectivity index (χ4n) is 2.58. The van der Waals surface area contributed by atoms with Crippen LogP contribution >= 0.6 is 0 Å². The molecule has 0 saturated heterocycles. The van der Waals surface area contributed by atoms with Gasteiger partial charge in [-0.25, -0.2) is 0 Å². The van der Waals surface area contributed by atoms with E-state index in [0.29, 0.717) is 5.56 Å². The average Bonchev–Trinajstić information content (AvgIpc) is 2.88. The van der Waals surface area contributed by atoms with E-state index in [0.717, 1.165) is 22.8 Å². The van der Waals surface area contributed by atoms with Gasteiger partial charge < -0.3 is 4.98 Å². The highest BCUT2D eigenvalue weighted by Gasteiger charge is 2.13. The molecule has 3 aromatic rings. The van der Waals surface area contributed by atoms with Crippen molar-refractivity contribution in [2.75, 3.05) is 0 Å². The summed E-state index contributed by atoms with van der Waals surface area (Å²) in [7, 11) is 0. The first kappa shape index (κ1) is 13.6. The Balaban J connectivity index is 2.05. The van der Waals surface area contributed by atoms with Crippen LogP contribution in [0.25, 0.3) is 22.0 Å². The second kappa shape index (κ2) is 4.88. The SMILES string of the molecule is CC(C)(C)c1ccc(-c2ccc3[nH]cc(C=O)c3c2)cc1. The molecule has 0 atom stereocenters. The maximum absolute atomic E-state index is 11.1. The third-order valence-electron chi connectivity index (χ3n) is 3.92. The summed E-state index contributed by atoms with van der Waals surface area (Å²) in [6.07, 6.45) is 2.65. The Hall–Kier alpha value is -2.35. The monoisotopic (exact) mass is 277 g/mol. The van der Waals surface area contributed by atoms with Gasteiger partial charge >= 0.3 is 0 Å². The molecule has 2 nitrogen and oxygen atoms in total. The number of rotatable bonds is 2. The van der Waals surface area contributed by atoms with E-state index in [1.165, 1.54) is 11.1 Å². The first-order valence-corrected chi connectivity index (χ1v) is 7.16. The molecule has 1 N–H and O–H groups in total. The predicted octanol–water partition coefficient (Wildman–Crippen LogP) is 4.94. The standard InChI is InChI=1S/C19H19NO/c1-19(2,3)16-7-4-13(5-8-16)14-6-9-18-17(10-14)15(12-21)11-20-18/h4-12,20H,1-3H3. The van der Waals surface area contributed by atoms with Gasteiger partial charge in [0.1, 0.15) is 0 Å². The summed E-state index contributed by atoms with van der Waals surface area (Å²) in [5, 5.41) is 0.974. The van der Waals surface area contributed by atoms with Gasteiger partial charge in [0.05, 0.1) is 0 Å². The van der Waals surface area contributed by atoms with Crippen LogP contribution in [0.15, 0.2) is 48.7 Å². The summed E-state index contributed by atoms with van der Waals surface area (Å²) in [6, 6.07) is 14.8. The fraction of sp³-hybridized carbons (Fsp3) is 0.211. The van der Waals surface area contributed by atoms with Gasteiger partial charge in [-0.15, -0.1) is 0 Å². The minimum Gasteiger partial charge on any atom is -0.360 e. The molecule has 0 spiro atoms. The number of hydrogen-bond donors (Lipinski definition) is 1. The van der Waals surface area contributed by atoms with Crippen LogP contribution in [0.2, 0.25) is 0 Å². The molecule has 2 heteroatoms. The molecule has 0 saturated carbocycles. The summed E-state index contributed by atoms with van der Waals surface area (Å²) in [6.45, 7) is 6.64. The number of H-pyrrole nitrogens is 1. The van der Waals surface area contributed by atoms with E-state index in [1.807, 2.05) is 6.07 Å². The summed E-state index contributed by atoms with van der Waals surface area (Å²) in [5.41, 5.74) is 5.48. The van der Waals surface area contributed by atoms with Crippen LogP contribution in [0.5, 0.6) is 0 Å². The van der Waals surface area contributed by atoms with Crippen molar-refractivity contribution in [1.82, 2.24) is 4.98 Å². The lowest BCUT2D eigenvalue weighted by molar-refractivity contribution is 0.112. The molecule has 0 aliphatic heterocycles. The normalized spacial score (nSPS) is 11.8. The van der Waals surface area contributed by atoms with Gasteiger partial charge in [0.15, 0.2) is 6.29 Å².